The summed E-state index contributed by atoms with van der Waals surface area (Å²) in [4.78, 5) is -0.0618. The molecule has 1 heterocycles. The highest BCUT2D eigenvalue weighted by Gasteiger charge is 2.70. The third-order valence-corrected chi connectivity index (χ3v) is 2.21. The predicted octanol–water partition coefficient (Wildman–Crippen LogP) is 2.38. The van der Waals surface area contributed by atoms with Crippen molar-refractivity contribution in [3.05, 3.63) is 0 Å². The van der Waals surface area contributed by atoms with Crippen LogP contribution in [-0.4, -0.2) is 41.0 Å². The van der Waals surface area contributed by atoms with E-state index >= 15 is 0 Å². The van der Waals surface area contributed by atoms with Crippen LogP contribution in [-0.2, 0) is 0 Å². The Labute approximate surface area is 82.4 Å². The fourth-order valence-corrected chi connectivity index (χ4v) is 1.36. The third-order valence-electron chi connectivity index (χ3n) is 2.21. The molecule has 0 saturated carbocycles. The molecule has 0 aromatic heterocycles. The van der Waals surface area contributed by atoms with Crippen LogP contribution < -0.4 is 0 Å². The van der Waals surface area contributed by atoms with Gasteiger partial charge in [-0.1, -0.05) is 0 Å². The minimum absolute atomic E-state index is 0.0618. The summed E-state index contributed by atoms with van der Waals surface area (Å²) in [5, 5.41) is -1.73. The van der Waals surface area contributed by atoms with Crippen LogP contribution in [0.4, 0.5) is 26.4 Å². The largest absolute Gasteiger partial charge is 0.409 e. The molecular formula is C7H10F6N2. The second-order valence-electron chi connectivity index (χ2n) is 3.57. The SMILES string of the molecule is CC(C)N1CC(F)N(F)C(F)(F)C1(F)F. The van der Waals surface area contributed by atoms with Crippen molar-refractivity contribution in [3.8, 4) is 0 Å². The Kier molecular flexibility index (Phi) is 2.94. The highest BCUT2D eigenvalue weighted by molar-refractivity contribution is 4.91. The number of piperazine rings is 1. The van der Waals surface area contributed by atoms with Crippen molar-refractivity contribution < 1.29 is 26.4 Å². The first kappa shape index (κ1) is 12.6. The van der Waals surface area contributed by atoms with Gasteiger partial charge in [-0.25, -0.2) is 9.29 Å². The summed E-state index contributed by atoms with van der Waals surface area (Å²) in [6.07, 6.45) is -2.76. The van der Waals surface area contributed by atoms with E-state index in [-0.39, 0.29) is 4.90 Å². The standard InChI is InChI=1S/C7H10F6N2/c1-4(2)14-3-5(8)15(13)7(11,12)6(14,9)10/h4-5H,3H2,1-2H3. The van der Waals surface area contributed by atoms with Crippen LogP contribution in [0.2, 0.25) is 0 Å². The lowest BCUT2D eigenvalue weighted by molar-refractivity contribution is -0.428. The average Bonchev–Trinajstić information content (AvgIpc) is 2.09. The molecule has 2 nitrogen and oxygen atoms in total. The average molecular weight is 236 g/mol. The van der Waals surface area contributed by atoms with Crippen molar-refractivity contribution in [1.82, 2.24) is 10.0 Å². The molecule has 1 fully saturated rings. The van der Waals surface area contributed by atoms with E-state index in [0.717, 1.165) is 0 Å². The summed E-state index contributed by atoms with van der Waals surface area (Å²) < 4.78 is 76.8. The van der Waals surface area contributed by atoms with Crippen LogP contribution in [0.1, 0.15) is 13.8 Å². The van der Waals surface area contributed by atoms with Crippen molar-refractivity contribution in [2.45, 2.75) is 38.3 Å². The summed E-state index contributed by atoms with van der Waals surface area (Å²) in [5.41, 5.74) is 0. The third kappa shape index (κ3) is 1.69. The van der Waals surface area contributed by atoms with Crippen LogP contribution in [0.25, 0.3) is 0 Å². The maximum Gasteiger partial charge on any atom is 0.409 e. The molecule has 1 aliphatic heterocycles. The molecule has 15 heavy (non-hydrogen) atoms. The molecule has 0 N–H and O–H groups in total. The Bertz CT molecular complexity index is 244. The summed E-state index contributed by atoms with van der Waals surface area (Å²) in [7, 11) is 0. The van der Waals surface area contributed by atoms with E-state index in [1.165, 1.54) is 13.8 Å². The number of halogens is 6. The first-order chi connectivity index (χ1) is 6.62. The van der Waals surface area contributed by atoms with Crippen LogP contribution in [0.15, 0.2) is 0 Å². The van der Waals surface area contributed by atoms with Gasteiger partial charge in [-0.05, 0) is 19.0 Å². The van der Waals surface area contributed by atoms with Gasteiger partial charge in [0.05, 0.1) is 6.54 Å². The second kappa shape index (κ2) is 3.51. The van der Waals surface area contributed by atoms with Crippen molar-refractivity contribution in [1.29, 1.82) is 0 Å². The number of hydrogen-bond donors (Lipinski definition) is 0. The fourth-order valence-electron chi connectivity index (χ4n) is 1.36. The van der Waals surface area contributed by atoms with Gasteiger partial charge in [0.15, 0.2) is 6.30 Å². The van der Waals surface area contributed by atoms with Crippen LogP contribution >= 0.6 is 0 Å². The van der Waals surface area contributed by atoms with Gasteiger partial charge in [-0.2, -0.15) is 17.6 Å². The molecule has 8 heteroatoms. The minimum atomic E-state index is -5.16. The van der Waals surface area contributed by atoms with Crippen molar-refractivity contribution >= 4 is 0 Å². The molecule has 1 saturated heterocycles. The van der Waals surface area contributed by atoms with Gasteiger partial charge in [0, 0.05) is 6.04 Å². The number of hydrogen-bond acceptors (Lipinski definition) is 2. The Balaban J connectivity index is 3.07. The molecule has 1 rings (SSSR count). The molecule has 0 amide bonds. The van der Waals surface area contributed by atoms with Gasteiger partial charge < -0.3 is 0 Å². The zero-order valence-electron chi connectivity index (χ0n) is 8.02. The maximum absolute atomic E-state index is 13.0. The Hall–Kier alpha value is -0.500. The number of rotatable bonds is 1. The molecule has 0 spiro atoms. The van der Waals surface area contributed by atoms with Gasteiger partial charge in [0.25, 0.3) is 0 Å². The zero-order chi connectivity index (χ0) is 12.0. The molecular weight excluding hydrogens is 226 g/mol. The normalized spacial score (nSPS) is 32.2. The van der Waals surface area contributed by atoms with Crippen molar-refractivity contribution in [2.24, 2.45) is 0 Å². The summed E-state index contributed by atoms with van der Waals surface area (Å²) >= 11 is 0. The molecule has 0 aromatic carbocycles. The van der Waals surface area contributed by atoms with Crippen molar-refractivity contribution in [2.75, 3.05) is 6.54 Å². The quantitative estimate of drug-likeness (QED) is 0.392. The molecule has 0 aromatic rings. The lowest BCUT2D eigenvalue weighted by Crippen LogP contribution is -2.69. The molecule has 0 radical (unpaired) electrons. The van der Waals surface area contributed by atoms with Gasteiger partial charge in [-0.15, -0.1) is 4.48 Å². The van der Waals surface area contributed by atoms with Gasteiger partial charge in [0.2, 0.25) is 0 Å². The predicted molar refractivity (Wildman–Crippen MR) is 39.6 cm³/mol. The lowest BCUT2D eigenvalue weighted by Gasteiger charge is -2.45. The fraction of sp³-hybridized carbons (Fsp3) is 1.00. The topological polar surface area (TPSA) is 6.48 Å². The van der Waals surface area contributed by atoms with Gasteiger partial charge in [0.1, 0.15) is 0 Å². The number of nitrogens with zero attached hydrogens (tertiary/aromatic N) is 2. The molecule has 1 atom stereocenters. The van der Waals surface area contributed by atoms with Crippen LogP contribution in [0.5, 0.6) is 0 Å². The summed E-state index contributed by atoms with van der Waals surface area (Å²) in [5.74, 6) is 0. The molecule has 1 unspecified atom stereocenters. The van der Waals surface area contributed by atoms with E-state index in [0.29, 0.717) is 0 Å². The Morgan fingerprint density at radius 1 is 1.13 bits per heavy atom. The maximum atomic E-state index is 13.0. The van der Waals surface area contributed by atoms with Gasteiger partial charge in [-0.3, -0.25) is 0 Å². The van der Waals surface area contributed by atoms with E-state index < -0.39 is 36.1 Å². The molecule has 90 valence electrons. The van der Waals surface area contributed by atoms with Crippen molar-refractivity contribution in [3.63, 3.8) is 0 Å². The Morgan fingerprint density at radius 2 is 1.60 bits per heavy atom. The first-order valence-electron chi connectivity index (χ1n) is 4.24. The second-order valence-corrected chi connectivity index (χ2v) is 3.57. The first-order valence-corrected chi connectivity index (χ1v) is 4.24. The van der Waals surface area contributed by atoms with E-state index in [4.69, 9.17) is 0 Å². The lowest BCUT2D eigenvalue weighted by atomic mass is 10.2. The van der Waals surface area contributed by atoms with E-state index in [1.54, 1.807) is 0 Å². The summed E-state index contributed by atoms with van der Waals surface area (Å²) in [6, 6.07) is -10.9. The number of alkyl halides is 5. The smallest absolute Gasteiger partial charge is 0.231 e. The minimum Gasteiger partial charge on any atom is -0.231 e. The molecule has 1 aliphatic rings. The van der Waals surface area contributed by atoms with Gasteiger partial charge >= 0.3 is 12.1 Å². The van der Waals surface area contributed by atoms with E-state index in [1.807, 2.05) is 0 Å². The van der Waals surface area contributed by atoms with E-state index in [9.17, 15) is 26.4 Å². The monoisotopic (exact) mass is 236 g/mol. The molecule has 0 aliphatic carbocycles. The molecule has 0 bridgehead atoms. The van der Waals surface area contributed by atoms with E-state index in [2.05, 4.69) is 0 Å². The zero-order valence-corrected chi connectivity index (χ0v) is 8.02. The highest BCUT2D eigenvalue weighted by Crippen LogP contribution is 2.45. The van der Waals surface area contributed by atoms with Crippen LogP contribution in [0.3, 0.4) is 0 Å². The Morgan fingerprint density at radius 3 is 2.00 bits per heavy atom. The summed E-state index contributed by atoms with van der Waals surface area (Å²) in [6.45, 7) is 1.30. The highest BCUT2D eigenvalue weighted by atomic mass is 19.3. The van der Waals surface area contributed by atoms with Crippen LogP contribution in [0, 0.1) is 0 Å².